The van der Waals surface area contributed by atoms with Gasteiger partial charge in [-0.15, -0.1) is 5.73 Å². The lowest BCUT2D eigenvalue weighted by atomic mass is 10.1. The van der Waals surface area contributed by atoms with Crippen molar-refractivity contribution >= 4 is 11.7 Å². The van der Waals surface area contributed by atoms with E-state index in [0.717, 1.165) is 16.8 Å². The van der Waals surface area contributed by atoms with Crippen LogP contribution in [-0.2, 0) is 4.84 Å². The fourth-order valence-corrected chi connectivity index (χ4v) is 2.21. The number of amides is 2. The van der Waals surface area contributed by atoms with Gasteiger partial charge >= 0.3 is 6.03 Å². The van der Waals surface area contributed by atoms with Crippen molar-refractivity contribution < 1.29 is 9.63 Å². The monoisotopic (exact) mass is 270 g/mol. The van der Waals surface area contributed by atoms with Crippen molar-refractivity contribution in [2.45, 2.75) is 26.8 Å². The van der Waals surface area contributed by atoms with Crippen molar-refractivity contribution in [1.82, 2.24) is 5.06 Å². The van der Waals surface area contributed by atoms with Crippen molar-refractivity contribution in [3.05, 3.63) is 60.2 Å². The van der Waals surface area contributed by atoms with Crippen LogP contribution in [-0.4, -0.2) is 17.1 Å². The van der Waals surface area contributed by atoms with Crippen LogP contribution in [0.4, 0.5) is 10.5 Å². The van der Waals surface area contributed by atoms with E-state index in [9.17, 15) is 4.79 Å². The molecule has 0 radical (unpaired) electrons. The summed E-state index contributed by atoms with van der Waals surface area (Å²) in [5.74, 6) is 0. The minimum Gasteiger partial charge on any atom is -0.383 e. The van der Waals surface area contributed by atoms with Gasteiger partial charge < -0.3 is 4.84 Å². The highest BCUT2D eigenvalue weighted by Crippen LogP contribution is 2.27. The van der Waals surface area contributed by atoms with Gasteiger partial charge in [0, 0.05) is 0 Å². The topological polar surface area (TPSA) is 32.8 Å². The predicted octanol–water partition coefficient (Wildman–Crippen LogP) is 3.68. The second-order valence-corrected chi connectivity index (χ2v) is 4.73. The molecule has 4 heteroatoms. The first-order valence-electron chi connectivity index (χ1n) is 6.44. The van der Waals surface area contributed by atoms with Gasteiger partial charge in [-0.05, 0) is 38.0 Å². The number of para-hydroxylation sites is 1. The molecule has 0 bridgehead atoms. The van der Waals surface area contributed by atoms with Gasteiger partial charge in [-0.2, -0.15) is 5.06 Å². The number of rotatable bonds is 2. The molecule has 0 aromatic heterocycles. The molecular formula is C16H18N2O2. The van der Waals surface area contributed by atoms with Gasteiger partial charge in [-0.1, -0.05) is 24.8 Å². The van der Waals surface area contributed by atoms with Crippen molar-refractivity contribution in [3.63, 3.8) is 0 Å². The maximum absolute atomic E-state index is 12.6. The van der Waals surface area contributed by atoms with E-state index >= 15 is 0 Å². The summed E-state index contributed by atoms with van der Waals surface area (Å²) in [4.78, 5) is 19.4. The molecule has 0 fully saturated rings. The lowest BCUT2D eigenvalue weighted by Crippen LogP contribution is -2.42. The lowest BCUT2D eigenvalue weighted by molar-refractivity contribution is -0.0489. The van der Waals surface area contributed by atoms with E-state index in [0.29, 0.717) is 0 Å². The number of nitrogens with zero attached hydrogens (tertiary/aromatic N) is 2. The summed E-state index contributed by atoms with van der Waals surface area (Å²) in [7, 11) is 0. The van der Waals surface area contributed by atoms with Gasteiger partial charge in [0.1, 0.15) is 6.26 Å². The fourth-order valence-electron chi connectivity index (χ4n) is 2.21. The molecule has 20 heavy (non-hydrogen) atoms. The van der Waals surface area contributed by atoms with Gasteiger partial charge in [0.15, 0.2) is 0 Å². The van der Waals surface area contributed by atoms with E-state index in [1.165, 1.54) is 22.4 Å². The third-order valence-electron chi connectivity index (χ3n) is 3.20. The molecule has 0 saturated carbocycles. The molecule has 0 N–H and O–H groups in total. The Balaban J connectivity index is 2.42. The number of benzene rings is 1. The largest absolute Gasteiger partial charge is 0.383 e. The van der Waals surface area contributed by atoms with Gasteiger partial charge in [0.2, 0.25) is 0 Å². The summed E-state index contributed by atoms with van der Waals surface area (Å²) in [5.41, 5.74) is 5.51. The van der Waals surface area contributed by atoms with Gasteiger partial charge in [-0.25, -0.2) is 4.79 Å². The van der Waals surface area contributed by atoms with Crippen LogP contribution in [0.3, 0.4) is 0 Å². The first-order chi connectivity index (χ1) is 9.56. The van der Waals surface area contributed by atoms with Crippen LogP contribution in [0.5, 0.6) is 0 Å². The summed E-state index contributed by atoms with van der Waals surface area (Å²) in [5, 5.41) is 1.32. The number of hydroxylamine groups is 2. The summed E-state index contributed by atoms with van der Waals surface area (Å²) in [6.45, 7) is 9.38. The quantitative estimate of drug-likeness (QED) is 0.768. The zero-order chi connectivity index (χ0) is 14.7. The van der Waals surface area contributed by atoms with Crippen LogP contribution in [0.15, 0.2) is 49.0 Å². The number of aryl methyl sites for hydroxylation is 2. The SMILES string of the molecule is C=C=CN(C(=O)N1OC=CC1C)c1c(C)cccc1C. The van der Waals surface area contributed by atoms with E-state index in [4.69, 9.17) is 4.84 Å². The normalized spacial score (nSPS) is 16.6. The number of hydrogen-bond acceptors (Lipinski definition) is 2. The number of carbonyl (C=O) groups is 1. The van der Waals surface area contributed by atoms with E-state index in [-0.39, 0.29) is 12.1 Å². The van der Waals surface area contributed by atoms with Crippen molar-refractivity contribution in [2.24, 2.45) is 0 Å². The van der Waals surface area contributed by atoms with Crippen molar-refractivity contribution in [1.29, 1.82) is 0 Å². The molecule has 1 aromatic rings. The van der Waals surface area contributed by atoms with Crippen LogP contribution >= 0.6 is 0 Å². The predicted molar refractivity (Wildman–Crippen MR) is 79.0 cm³/mol. The molecule has 2 amide bonds. The summed E-state index contributed by atoms with van der Waals surface area (Å²) < 4.78 is 0. The van der Waals surface area contributed by atoms with Crippen LogP contribution in [0.2, 0.25) is 0 Å². The van der Waals surface area contributed by atoms with Crippen molar-refractivity contribution in [3.8, 4) is 0 Å². The van der Waals surface area contributed by atoms with Gasteiger partial charge in [0.05, 0.1) is 17.9 Å². The van der Waals surface area contributed by atoms with Crippen molar-refractivity contribution in [2.75, 3.05) is 4.90 Å². The number of anilines is 1. The Labute approximate surface area is 119 Å². The molecule has 1 aromatic carbocycles. The molecular weight excluding hydrogens is 252 g/mol. The minimum atomic E-state index is -0.268. The molecule has 4 nitrogen and oxygen atoms in total. The Hall–Kier alpha value is -2.45. The Bertz CT molecular complexity index is 580. The Kier molecular flexibility index (Phi) is 3.97. The lowest BCUT2D eigenvalue weighted by Gasteiger charge is -2.28. The highest BCUT2D eigenvalue weighted by Gasteiger charge is 2.29. The average Bonchev–Trinajstić information content (AvgIpc) is 2.83. The Morgan fingerprint density at radius 1 is 1.45 bits per heavy atom. The molecule has 104 valence electrons. The smallest absolute Gasteiger partial charge is 0.362 e. The first kappa shape index (κ1) is 14.0. The molecule has 0 aliphatic carbocycles. The zero-order valence-corrected chi connectivity index (χ0v) is 12.0. The standard InChI is InChI=1S/C16H18N2O2/c1-5-10-17(15-12(2)7-6-8-13(15)3)16(19)18-14(4)9-11-20-18/h6-11,14H,1H2,2-4H3. The maximum atomic E-state index is 12.6. The molecule has 0 spiro atoms. The van der Waals surface area contributed by atoms with Crippen LogP contribution < -0.4 is 4.90 Å². The molecule has 1 aliphatic heterocycles. The second-order valence-electron chi connectivity index (χ2n) is 4.73. The Morgan fingerprint density at radius 3 is 2.60 bits per heavy atom. The van der Waals surface area contributed by atoms with E-state index in [1.807, 2.05) is 45.0 Å². The fraction of sp³-hybridized carbons (Fsp3) is 0.250. The maximum Gasteiger partial charge on any atom is 0.362 e. The molecule has 2 rings (SSSR count). The number of carbonyl (C=O) groups excluding carboxylic acids is 1. The van der Waals surface area contributed by atoms with E-state index in [1.54, 1.807) is 0 Å². The van der Waals surface area contributed by atoms with Gasteiger partial charge in [0.25, 0.3) is 0 Å². The third-order valence-corrected chi connectivity index (χ3v) is 3.20. The van der Waals surface area contributed by atoms with E-state index < -0.39 is 0 Å². The molecule has 1 aliphatic rings. The minimum absolute atomic E-state index is 0.104. The molecule has 1 unspecified atom stereocenters. The highest BCUT2D eigenvalue weighted by atomic mass is 16.7. The Morgan fingerprint density at radius 2 is 2.10 bits per heavy atom. The van der Waals surface area contributed by atoms with Crippen LogP contribution in [0.25, 0.3) is 0 Å². The summed E-state index contributed by atoms with van der Waals surface area (Å²) in [6.07, 6.45) is 4.87. The molecule has 1 heterocycles. The molecule has 1 atom stereocenters. The van der Waals surface area contributed by atoms with E-state index in [2.05, 4.69) is 12.3 Å². The number of urea groups is 1. The first-order valence-corrected chi connectivity index (χ1v) is 6.44. The zero-order valence-electron chi connectivity index (χ0n) is 12.0. The third kappa shape index (κ3) is 2.46. The average molecular weight is 270 g/mol. The number of hydrogen-bond donors (Lipinski definition) is 0. The molecule has 0 saturated heterocycles. The van der Waals surface area contributed by atoms with Gasteiger partial charge in [-0.3, -0.25) is 4.90 Å². The summed E-state index contributed by atoms with van der Waals surface area (Å²) >= 11 is 0. The van der Waals surface area contributed by atoms with Crippen LogP contribution in [0, 0.1) is 13.8 Å². The van der Waals surface area contributed by atoms with Crippen LogP contribution in [0.1, 0.15) is 18.1 Å². The highest BCUT2D eigenvalue weighted by molar-refractivity contribution is 5.95. The summed E-state index contributed by atoms with van der Waals surface area (Å²) in [6, 6.07) is 5.52. The second kappa shape index (κ2) is 5.68.